The smallest absolute Gasteiger partial charge is 0.410 e. The van der Waals surface area contributed by atoms with Crippen molar-refractivity contribution < 1.29 is 9.53 Å². The molecule has 20 heavy (non-hydrogen) atoms. The number of carbonyl (C=O) groups is 1. The number of rotatable bonds is 3. The van der Waals surface area contributed by atoms with Crippen LogP contribution in [0.25, 0.3) is 0 Å². The Morgan fingerprint density at radius 2 is 2.15 bits per heavy atom. The zero-order valence-corrected chi connectivity index (χ0v) is 12.5. The summed E-state index contributed by atoms with van der Waals surface area (Å²) in [4.78, 5) is 21.8. The fraction of sp³-hybridized carbons (Fsp3) is 0.643. The van der Waals surface area contributed by atoms with E-state index in [9.17, 15) is 4.79 Å². The van der Waals surface area contributed by atoms with E-state index in [1.54, 1.807) is 11.2 Å². The van der Waals surface area contributed by atoms with Gasteiger partial charge >= 0.3 is 6.09 Å². The monoisotopic (exact) mass is 278 g/mol. The lowest BCUT2D eigenvalue weighted by molar-refractivity contribution is 0.0104. The Kier molecular flexibility index (Phi) is 4.11. The maximum absolute atomic E-state index is 11.8. The molecule has 110 valence electrons. The van der Waals surface area contributed by atoms with Crippen LogP contribution >= 0.6 is 0 Å². The lowest BCUT2D eigenvalue weighted by atomic mass is 10.1. The van der Waals surface area contributed by atoms with Gasteiger partial charge in [0.2, 0.25) is 0 Å². The molecule has 0 aromatic carbocycles. The topological polar surface area (TPSA) is 67.4 Å². The van der Waals surface area contributed by atoms with Gasteiger partial charge in [0.25, 0.3) is 0 Å². The Morgan fingerprint density at radius 1 is 1.45 bits per heavy atom. The molecule has 1 amide bonds. The van der Waals surface area contributed by atoms with Gasteiger partial charge in [-0.3, -0.25) is 0 Å². The third kappa shape index (κ3) is 3.82. The number of hydrogen-bond acceptors (Lipinski definition) is 5. The molecule has 1 aliphatic rings. The summed E-state index contributed by atoms with van der Waals surface area (Å²) in [6.07, 6.45) is 2.18. The van der Waals surface area contributed by atoms with Crippen LogP contribution in [0, 0.1) is 0 Å². The average Bonchev–Trinajstić information content (AvgIpc) is 2.31. The van der Waals surface area contributed by atoms with Crippen LogP contribution in [0.4, 0.5) is 10.6 Å². The number of nitrogens with one attached hydrogen (secondary N) is 1. The Labute approximate surface area is 119 Å². The number of hydrogen-bond donors (Lipinski definition) is 1. The summed E-state index contributed by atoms with van der Waals surface area (Å²) in [6.45, 7) is 8.94. The number of likely N-dealkylation sites (tertiary alicyclic amines) is 1. The number of carbonyl (C=O) groups excluding carboxylic acids is 1. The van der Waals surface area contributed by atoms with Crippen molar-refractivity contribution in [1.82, 2.24) is 14.9 Å². The van der Waals surface area contributed by atoms with Gasteiger partial charge in [-0.1, -0.05) is 6.92 Å². The number of anilines is 1. The van der Waals surface area contributed by atoms with Crippen molar-refractivity contribution in [1.29, 1.82) is 0 Å². The minimum absolute atomic E-state index is 0.224. The molecule has 0 bridgehead atoms. The molecule has 0 saturated carbocycles. The van der Waals surface area contributed by atoms with Crippen LogP contribution in [0.15, 0.2) is 12.4 Å². The summed E-state index contributed by atoms with van der Waals surface area (Å²) in [5.74, 6) is 0.811. The molecule has 1 fully saturated rings. The third-order valence-electron chi connectivity index (χ3n) is 2.97. The third-order valence-corrected chi connectivity index (χ3v) is 2.97. The van der Waals surface area contributed by atoms with E-state index in [1.165, 1.54) is 0 Å². The van der Waals surface area contributed by atoms with Crippen LogP contribution in [-0.2, 0) is 11.2 Å². The van der Waals surface area contributed by atoms with Gasteiger partial charge in [-0.2, -0.15) is 0 Å². The van der Waals surface area contributed by atoms with Gasteiger partial charge in [0.1, 0.15) is 17.7 Å². The van der Waals surface area contributed by atoms with E-state index in [0.717, 1.165) is 17.9 Å². The highest BCUT2D eigenvalue weighted by Crippen LogP contribution is 2.18. The highest BCUT2D eigenvalue weighted by molar-refractivity contribution is 5.69. The van der Waals surface area contributed by atoms with Gasteiger partial charge in [-0.15, -0.1) is 0 Å². The Bertz CT molecular complexity index is 478. The fourth-order valence-corrected chi connectivity index (χ4v) is 1.92. The molecular weight excluding hydrogens is 256 g/mol. The van der Waals surface area contributed by atoms with Gasteiger partial charge < -0.3 is 15.0 Å². The van der Waals surface area contributed by atoms with E-state index < -0.39 is 5.60 Å². The van der Waals surface area contributed by atoms with Gasteiger partial charge in [0.15, 0.2) is 0 Å². The lowest BCUT2D eigenvalue weighted by Gasteiger charge is -2.40. The first-order valence-corrected chi connectivity index (χ1v) is 6.93. The predicted octanol–water partition coefficient (Wildman–Crippen LogP) is 2.07. The molecule has 2 heterocycles. The van der Waals surface area contributed by atoms with Crippen LogP contribution in [0.1, 0.15) is 33.4 Å². The van der Waals surface area contributed by atoms with Gasteiger partial charge in [0, 0.05) is 24.8 Å². The average molecular weight is 278 g/mol. The number of nitrogens with zero attached hydrogens (tertiary/aromatic N) is 3. The fourth-order valence-electron chi connectivity index (χ4n) is 1.92. The molecule has 6 heteroatoms. The molecule has 1 aromatic heterocycles. The molecule has 0 spiro atoms. The van der Waals surface area contributed by atoms with E-state index in [2.05, 4.69) is 22.2 Å². The molecule has 0 radical (unpaired) electrons. The molecule has 1 saturated heterocycles. The van der Waals surface area contributed by atoms with Crippen molar-refractivity contribution in [2.75, 3.05) is 18.4 Å². The molecule has 1 aromatic rings. The van der Waals surface area contributed by atoms with Crippen molar-refractivity contribution in [3.63, 3.8) is 0 Å². The summed E-state index contributed by atoms with van der Waals surface area (Å²) in [6, 6.07) is 2.16. The van der Waals surface area contributed by atoms with Crippen LogP contribution in [0.5, 0.6) is 0 Å². The Morgan fingerprint density at radius 3 is 2.75 bits per heavy atom. The lowest BCUT2D eigenvalue weighted by Crippen LogP contribution is -2.58. The van der Waals surface area contributed by atoms with E-state index in [4.69, 9.17) is 4.74 Å². The van der Waals surface area contributed by atoms with Crippen LogP contribution < -0.4 is 5.32 Å². The zero-order chi connectivity index (χ0) is 14.8. The highest BCUT2D eigenvalue weighted by Gasteiger charge is 2.33. The summed E-state index contributed by atoms with van der Waals surface area (Å²) >= 11 is 0. The second kappa shape index (κ2) is 5.64. The van der Waals surface area contributed by atoms with Crippen molar-refractivity contribution in [2.24, 2.45) is 0 Å². The first-order chi connectivity index (χ1) is 9.37. The van der Waals surface area contributed by atoms with Crippen LogP contribution in [-0.4, -0.2) is 45.7 Å². The minimum Gasteiger partial charge on any atom is -0.444 e. The molecule has 2 rings (SSSR count). The van der Waals surface area contributed by atoms with Gasteiger partial charge in [-0.05, 0) is 27.2 Å². The van der Waals surface area contributed by atoms with Crippen LogP contribution in [0.3, 0.4) is 0 Å². The number of amides is 1. The van der Waals surface area contributed by atoms with Crippen molar-refractivity contribution in [3.8, 4) is 0 Å². The standard InChI is InChI=1S/C14H22N4O2/c1-5-10-6-12(16-9-15-10)17-11-7-18(8-11)13(19)20-14(2,3)4/h6,9,11H,5,7-8H2,1-4H3,(H,15,16,17). The predicted molar refractivity (Wildman–Crippen MR) is 76.6 cm³/mol. The second-order valence-electron chi connectivity index (χ2n) is 5.97. The molecule has 1 aliphatic heterocycles. The molecule has 0 aliphatic carbocycles. The Balaban J connectivity index is 1.80. The largest absolute Gasteiger partial charge is 0.444 e. The summed E-state index contributed by atoms with van der Waals surface area (Å²) in [7, 11) is 0. The number of aryl methyl sites for hydroxylation is 1. The number of ether oxygens (including phenoxy) is 1. The van der Waals surface area contributed by atoms with E-state index in [-0.39, 0.29) is 12.1 Å². The zero-order valence-electron chi connectivity index (χ0n) is 12.5. The normalized spacial score (nSPS) is 15.7. The molecule has 6 nitrogen and oxygen atoms in total. The first-order valence-electron chi connectivity index (χ1n) is 6.93. The van der Waals surface area contributed by atoms with E-state index >= 15 is 0 Å². The summed E-state index contributed by atoms with van der Waals surface area (Å²) in [5, 5.41) is 3.30. The van der Waals surface area contributed by atoms with Crippen molar-refractivity contribution >= 4 is 11.9 Å². The maximum atomic E-state index is 11.8. The van der Waals surface area contributed by atoms with Crippen LogP contribution in [0.2, 0.25) is 0 Å². The second-order valence-corrected chi connectivity index (χ2v) is 5.97. The molecular formula is C14H22N4O2. The van der Waals surface area contributed by atoms with Crippen molar-refractivity contribution in [2.45, 2.75) is 45.8 Å². The summed E-state index contributed by atoms with van der Waals surface area (Å²) < 4.78 is 5.31. The summed E-state index contributed by atoms with van der Waals surface area (Å²) in [5.41, 5.74) is 0.559. The highest BCUT2D eigenvalue weighted by atomic mass is 16.6. The molecule has 0 unspecified atom stereocenters. The SMILES string of the molecule is CCc1cc(NC2CN(C(=O)OC(C)(C)C)C2)ncn1. The van der Waals surface area contributed by atoms with Gasteiger partial charge in [0.05, 0.1) is 6.04 Å². The van der Waals surface area contributed by atoms with Gasteiger partial charge in [-0.25, -0.2) is 14.8 Å². The maximum Gasteiger partial charge on any atom is 0.410 e. The van der Waals surface area contributed by atoms with Crippen molar-refractivity contribution in [3.05, 3.63) is 18.1 Å². The Hall–Kier alpha value is -1.85. The quantitative estimate of drug-likeness (QED) is 0.916. The molecule has 1 N–H and O–H groups in total. The number of aromatic nitrogens is 2. The first kappa shape index (κ1) is 14.6. The molecule has 0 atom stereocenters. The minimum atomic E-state index is -0.446. The van der Waals surface area contributed by atoms with E-state index in [1.807, 2.05) is 26.8 Å². The van der Waals surface area contributed by atoms with E-state index in [0.29, 0.717) is 13.1 Å².